The fourth-order valence-electron chi connectivity index (χ4n) is 2.30. The minimum atomic E-state index is 0.676. The van der Waals surface area contributed by atoms with E-state index in [-0.39, 0.29) is 0 Å². The molecule has 0 aliphatic carbocycles. The molecule has 0 atom stereocenters. The topological polar surface area (TPSA) is 55.6 Å². The third-order valence-corrected chi connectivity index (χ3v) is 4.69. The molecule has 5 nitrogen and oxygen atoms in total. The predicted octanol–water partition coefficient (Wildman–Crippen LogP) is 3.53. The van der Waals surface area contributed by atoms with Crippen LogP contribution in [0.4, 0.5) is 5.82 Å². The summed E-state index contributed by atoms with van der Waals surface area (Å²) in [5.41, 5.74) is 1.26. The summed E-state index contributed by atoms with van der Waals surface area (Å²) in [5.74, 6) is 2.39. The van der Waals surface area contributed by atoms with E-state index in [1.165, 1.54) is 10.4 Å². The maximum absolute atomic E-state index is 4.72. The SMILES string of the molecule is CCCNc1nc(-c2nccn2C)nc2sc(C)c(C)c12. The number of fused-ring (bicyclic) bond motifs is 1. The third-order valence-electron chi connectivity index (χ3n) is 3.59. The molecule has 0 bridgehead atoms. The number of nitrogens with zero attached hydrogens (tertiary/aromatic N) is 4. The van der Waals surface area contributed by atoms with Crippen molar-refractivity contribution in [3.8, 4) is 11.6 Å². The number of nitrogens with one attached hydrogen (secondary N) is 1. The van der Waals surface area contributed by atoms with Crippen LogP contribution in [0.3, 0.4) is 0 Å². The highest BCUT2D eigenvalue weighted by Gasteiger charge is 2.16. The van der Waals surface area contributed by atoms with Gasteiger partial charge in [-0.25, -0.2) is 15.0 Å². The minimum absolute atomic E-state index is 0.676. The van der Waals surface area contributed by atoms with Gasteiger partial charge in [-0.15, -0.1) is 11.3 Å². The van der Waals surface area contributed by atoms with Gasteiger partial charge in [0.1, 0.15) is 10.6 Å². The summed E-state index contributed by atoms with van der Waals surface area (Å²) >= 11 is 1.72. The van der Waals surface area contributed by atoms with Crippen LogP contribution in [-0.2, 0) is 7.05 Å². The van der Waals surface area contributed by atoms with Gasteiger partial charge in [-0.05, 0) is 25.8 Å². The summed E-state index contributed by atoms with van der Waals surface area (Å²) in [6.07, 6.45) is 4.74. The standard InChI is InChI=1S/C15H19N5S/c1-5-6-16-12-11-9(2)10(3)21-15(11)19-13(18-12)14-17-7-8-20(14)4/h7-8H,5-6H2,1-4H3,(H,16,18,19). The molecule has 3 aromatic heterocycles. The summed E-state index contributed by atoms with van der Waals surface area (Å²) in [4.78, 5) is 16.1. The van der Waals surface area contributed by atoms with Crippen molar-refractivity contribution in [1.82, 2.24) is 19.5 Å². The van der Waals surface area contributed by atoms with E-state index < -0.39 is 0 Å². The fourth-order valence-corrected chi connectivity index (χ4v) is 3.33. The average Bonchev–Trinajstić information content (AvgIpc) is 3.01. The van der Waals surface area contributed by atoms with Crippen molar-refractivity contribution in [2.75, 3.05) is 11.9 Å². The van der Waals surface area contributed by atoms with Crippen LogP contribution in [0.2, 0.25) is 0 Å². The van der Waals surface area contributed by atoms with Gasteiger partial charge in [0.2, 0.25) is 0 Å². The molecule has 0 spiro atoms. The lowest BCUT2D eigenvalue weighted by Crippen LogP contribution is -2.05. The van der Waals surface area contributed by atoms with Gasteiger partial charge in [0, 0.05) is 30.9 Å². The van der Waals surface area contributed by atoms with E-state index in [1.54, 1.807) is 17.5 Å². The minimum Gasteiger partial charge on any atom is -0.369 e. The van der Waals surface area contributed by atoms with E-state index >= 15 is 0 Å². The lowest BCUT2D eigenvalue weighted by atomic mass is 10.2. The number of rotatable bonds is 4. The number of imidazole rings is 1. The maximum Gasteiger partial charge on any atom is 0.199 e. The normalized spacial score (nSPS) is 11.2. The summed E-state index contributed by atoms with van der Waals surface area (Å²) in [6.45, 7) is 7.32. The van der Waals surface area contributed by atoms with Crippen molar-refractivity contribution in [2.24, 2.45) is 7.05 Å². The second-order valence-corrected chi connectivity index (χ2v) is 6.35. The molecule has 110 valence electrons. The van der Waals surface area contributed by atoms with Crippen molar-refractivity contribution < 1.29 is 0 Å². The van der Waals surface area contributed by atoms with Crippen LogP contribution in [0, 0.1) is 13.8 Å². The highest BCUT2D eigenvalue weighted by molar-refractivity contribution is 7.18. The smallest absolute Gasteiger partial charge is 0.199 e. The van der Waals surface area contributed by atoms with Gasteiger partial charge in [-0.3, -0.25) is 0 Å². The van der Waals surface area contributed by atoms with Crippen LogP contribution >= 0.6 is 11.3 Å². The molecule has 0 saturated heterocycles. The van der Waals surface area contributed by atoms with Crippen LogP contribution in [-0.4, -0.2) is 26.1 Å². The average molecular weight is 301 g/mol. The maximum atomic E-state index is 4.72. The number of hydrogen-bond acceptors (Lipinski definition) is 5. The number of hydrogen-bond donors (Lipinski definition) is 1. The first-order chi connectivity index (χ1) is 10.1. The van der Waals surface area contributed by atoms with E-state index in [2.05, 4.69) is 31.1 Å². The highest BCUT2D eigenvalue weighted by Crippen LogP contribution is 2.34. The van der Waals surface area contributed by atoms with Crippen molar-refractivity contribution >= 4 is 27.4 Å². The van der Waals surface area contributed by atoms with Gasteiger partial charge in [0.25, 0.3) is 0 Å². The van der Waals surface area contributed by atoms with Gasteiger partial charge < -0.3 is 9.88 Å². The quantitative estimate of drug-likeness (QED) is 0.801. The molecule has 0 aliphatic heterocycles. The Morgan fingerprint density at radius 2 is 2.10 bits per heavy atom. The Labute approximate surface area is 128 Å². The van der Waals surface area contributed by atoms with Crippen LogP contribution < -0.4 is 5.32 Å². The molecule has 3 aromatic rings. The van der Waals surface area contributed by atoms with E-state index in [9.17, 15) is 0 Å². The molecule has 1 N–H and O–H groups in total. The molecule has 0 amide bonds. The Bertz CT molecular complexity index is 787. The van der Waals surface area contributed by atoms with Crippen LogP contribution in [0.15, 0.2) is 12.4 Å². The molecule has 0 unspecified atom stereocenters. The number of aryl methyl sites for hydroxylation is 3. The van der Waals surface area contributed by atoms with E-state index in [0.29, 0.717) is 5.82 Å². The van der Waals surface area contributed by atoms with E-state index in [4.69, 9.17) is 9.97 Å². The number of thiophene rings is 1. The molecule has 0 saturated carbocycles. The zero-order valence-corrected chi connectivity index (χ0v) is 13.6. The van der Waals surface area contributed by atoms with Crippen LogP contribution in [0.25, 0.3) is 21.9 Å². The van der Waals surface area contributed by atoms with Crippen LogP contribution in [0.1, 0.15) is 23.8 Å². The third kappa shape index (κ3) is 2.40. The molecule has 0 radical (unpaired) electrons. The zero-order valence-electron chi connectivity index (χ0n) is 12.8. The van der Waals surface area contributed by atoms with Gasteiger partial charge in [-0.1, -0.05) is 6.92 Å². The van der Waals surface area contributed by atoms with Gasteiger partial charge in [0.15, 0.2) is 11.6 Å². The molecule has 3 heterocycles. The molecule has 21 heavy (non-hydrogen) atoms. The first-order valence-corrected chi connectivity index (χ1v) is 7.92. The molecule has 0 aromatic carbocycles. The molecular weight excluding hydrogens is 282 g/mol. The van der Waals surface area contributed by atoms with E-state index in [0.717, 1.165) is 34.8 Å². The fraction of sp³-hybridized carbons (Fsp3) is 0.400. The van der Waals surface area contributed by atoms with Crippen LogP contribution in [0.5, 0.6) is 0 Å². The Balaban J connectivity index is 2.22. The van der Waals surface area contributed by atoms with Crippen molar-refractivity contribution in [1.29, 1.82) is 0 Å². The van der Waals surface area contributed by atoms with Crippen molar-refractivity contribution in [3.63, 3.8) is 0 Å². The zero-order chi connectivity index (χ0) is 15.0. The second-order valence-electron chi connectivity index (χ2n) is 5.15. The van der Waals surface area contributed by atoms with Gasteiger partial charge >= 0.3 is 0 Å². The second kappa shape index (κ2) is 5.44. The Morgan fingerprint density at radius 3 is 2.76 bits per heavy atom. The number of anilines is 1. The molecular formula is C15H19N5S. The first kappa shape index (κ1) is 14.0. The Hall–Kier alpha value is -1.95. The molecule has 0 aliphatic rings. The number of aromatic nitrogens is 4. The van der Waals surface area contributed by atoms with E-state index in [1.807, 2.05) is 17.8 Å². The largest absolute Gasteiger partial charge is 0.369 e. The lowest BCUT2D eigenvalue weighted by Gasteiger charge is -2.08. The summed E-state index contributed by atoms with van der Waals surface area (Å²) in [7, 11) is 1.96. The lowest BCUT2D eigenvalue weighted by molar-refractivity contribution is 0.907. The summed E-state index contributed by atoms with van der Waals surface area (Å²) in [5, 5.41) is 4.57. The van der Waals surface area contributed by atoms with Crippen molar-refractivity contribution in [2.45, 2.75) is 27.2 Å². The van der Waals surface area contributed by atoms with Gasteiger partial charge in [-0.2, -0.15) is 0 Å². The molecule has 6 heteroatoms. The first-order valence-electron chi connectivity index (χ1n) is 7.11. The molecule has 3 rings (SSSR count). The summed E-state index contributed by atoms with van der Waals surface area (Å²) < 4.78 is 1.94. The Morgan fingerprint density at radius 1 is 1.29 bits per heavy atom. The monoisotopic (exact) mass is 301 g/mol. The van der Waals surface area contributed by atoms with Crippen molar-refractivity contribution in [3.05, 3.63) is 22.8 Å². The highest BCUT2D eigenvalue weighted by atomic mass is 32.1. The predicted molar refractivity (Wildman–Crippen MR) is 87.9 cm³/mol. The Kier molecular flexibility index (Phi) is 3.63. The summed E-state index contributed by atoms with van der Waals surface area (Å²) in [6, 6.07) is 0. The van der Waals surface area contributed by atoms with Gasteiger partial charge in [0.05, 0.1) is 5.39 Å². The molecule has 0 fully saturated rings.